The third-order valence-electron chi connectivity index (χ3n) is 4.78. The number of rotatable bonds is 2. The predicted octanol–water partition coefficient (Wildman–Crippen LogP) is 2.84. The van der Waals surface area contributed by atoms with Crippen molar-refractivity contribution >= 4 is 29.1 Å². The highest BCUT2D eigenvalue weighted by atomic mass is 35.5. The van der Waals surface area contributed by atoms with Gasteiger partial charge < -0.3 is 10.6 Å². The second-order valence-corrected chi connectivity index (χ2v) is 7.28. The number of carbonyl (C=O) groups is 1. The molecule has 1 aliphatic carbocycles. The summed E-state index contributed by atoms with van der Waals surface area (Å²) >= 11 is 12.3. The zero-order chi connectivity index (χ0) is 16.8. The summed E-state index contributed by atoms with van der Waals surface area (Å²) in [4.78, 5) is 14.7. The van der Waals surface area contributed by atoms with Crippen molar-refractivity contribution in [1.82, 2.24) is 14.7 Å². The van der Waals surface area contributed by atoms with E-state index < -0.39 is 0 Å². The molecule has 1 aliphatic heterocycles. The molecule has 0 bridgehead atoms. The number of carbonyl (C=O) groups excluding carboxylic acids is 1. The second-order valence-electron chi connectivity index (χ2n) is 6.43. The molecule has 1 amide bonds. The monoisotopic (exact) mass is 364 g/mol. The molecule has 2 heterocycles. The lowest BCUT2D eigenvalue weighted by molar-refractivity contribution is 0.0783. The van der Waals surface area contributed by atoms with Crippen LogP contribution in [-0.4, -0.2) is 39.7 Å². The van der Waals surface area contributed by atoms with E-state index in [9.17, 15) is 4.79 Å². The third-order valence-corrected chi connectivity index (χ3v) is 5.32. The molecule has 1 fully saturated rings. The molecule has 1 saturated heterocycles. The molecule has 4 rings (SSSR count). The molecule has 7 heteroatoms. The summed E-state index contributed by atoms with van der Waals surface area (Å²) in [5, 5.41) is 5.73. The van der Waals surface area contributed by atoms with Crippen LogP contribution in [0.5, 0.6) is 0 Å². The minimum absolute atomic E-state index is 0.0232. The van der Waals surface area contributed by atoms with Gasteiger partial charge in [-0.25, -0.2) is 4.68 Å². The number of likely N-dealkylation sites (tertiary alicyclic amines) is 1. The van der Waals surface area contributed by atoms with E-state index in [1.807, 2.05) is 10.7 Å². The molecular formula is C17H18Cl2N4O. The van der Waals surface area contributed by atoms with Crippen molar-refractivity contribution in [3.8, 4) is 5.69 Å². The number of nitrogens with two attached hydrogens (primary N) is 1. The molecule has 0 spiro atoms. The Balaban J connectivity index is 1.76. The fourth-order valence-corrected chi connectivity index (χ4v) is 4.07. The number of nitrogens with zero attached hydrogens (tertiary/aromatic N) is 3. The van der Waals surface area contributed by atoms with Crippen LogP contribution in [0.1, 0.15) is 34.6 Å². The van der Waals surface area contributed by atoms with Gasteiger partial charge in [-0.1, -0.05) is 23.2 Å². The van der Waals surface area contributed by atoms with Gasteiger partial charge in [-0.3, -0.25) is 4.79 Å². The molecule has 1 atom stereocenters. The van der Waals surface area contributed by atoms with Crippen LogP contribution < -0.4 is 5.73 Å². The Bertz CT molecular complexity index is 817. The van der Waals surface area contributed by atoms with E-state index in [1.54, 1.807) is 17.0 Å². The average Bonchev–Trinajstić information content (AvgIpc) is 3.23. The maximum Gasteiger partial charge on any atom is 0.274 e. The van der Waals surface area contributed by atoms with Crippen LogP contribution in [0.4, 0.5) is 0 Å². The van der Waals surface area contributed by atoms with Crippen LogP contribution in [0.15, 0.2) is 18.2 Å². The molecule has 126 valence electrons. The Kier molecular flexibility index (Phi) is 4.03. The summed E-state index contributed by atoms with van der Waals surface area (Å²) in [5.41, 5.74) is 9.36. The SMILES string of the molecule is NC1CCN(C(=O)c2nn(-c3ccc(Cl)cc3Cl)c3c2CCC3)C1. The minimum Gasteiger partial charge on any atom is -0.336 e. The smallest absolute Gasteiger partial charge is 0.274 e. The van der Waals surface area contributed by atoms with E-state index in [0.717, 1.165) is 42.6 Å². The first-order valence-electron chi connectivity index (χ1n) is 8.15. The molecule has 0 saturated carbocycles. The van der Waals surface area contributed by atoms with Gasteiger partial charge in [0.2, 0.25) is 0 Å². The standard InChI is InChI=1S/C17H18Cl2N4O/c18-10-4-5-15(13(19)8-10)23-14-3-1-2-12(14)16(21-23)17(24)22-7-6-11(20)9-22/h4-5,8,11H,1-3,6-7,9,20H2. The summed E-state index contributed by atoms with van der Waals surface area (Å²) in [7, 11) is 0. The molecule has 2 aliphatic rings. The molecule has 5 nitrogen and oxygen atoms in total. The summed E-state index contributed by atoms with van der Waals surface area (Å²) in [6.07, 6.45) is 3.64. The molecular weight excluding hydrogens is 347 g/mol. The highest BCUT2D eigenvalue weighted by molar-refractivity contribution is 6.35. The predicted molar refractivity (Wildman–Crippen MR) is 94.1 cm³/mol. The van der Waals surface area contributed by atoms with Gasteiger partial charge in [0, 0.05) is 35.4 Å². The van der Waals surface area contributed by atoms with Crippen LogP contribution in [0.25, 0.3) is 5.69 Å². The fraction of sp³-hybridized carbons (Fsp3) is 0.412. The Morgan fingerprint density at radius 1 is 1.29 bits per heavy atom. The topological polar surface area (TPSA) is 64.2 Å². The van der Waals surface area contributed by atoms with E-state index in [0.29, 0.717) is 28.8 Å². The highest BCUT2D eigenvalue weighted by Gasteiger charge is 2.32. The van der Waals surface area contributed by atoms with Gasteiger partial charge in [-0.05, 0) is 43.9 Å². The van der Waals surface area contributed by atoms with Crippen LogP contribution >= 0.6 is 23.2 Å². The molecule has 1 aromatic carbocycles. The van der Waals surface area contributed by atoms with Gasteiger partial charge in [0.25, 0.3) is 5.91 Å². The fourth-order valence-electron chi connectivity index (χ4n) is 3.58. The van der Waals surface area contributed by atoms with Crippen molar-refractivity contribution in [2.24, 2.45) is 5.73 Å². The summed E-state index contributed by atoms with van der Waals surface area (Å²) in [5.74, 6) is -0.0232. The van der Waals surface area contributed by atoms with Crippen LogP contribution in [-0.2, 0) is 12.8 Å². The maximum absolute atomic E-state index is 12.9. The minimum atomic E-state index is -0.0232. The Morgan fingerprint density at radius 3 is 2.83 bits per heavy atom. The van der Waals surface area contributed by atoms with E-state index in [2.05, 4.69) is 5.10 Å². The van der Waals surface area contributed by atoms with E-state index in [1.165, 1.54) is 0 Å². The highest BCUT2D eigenvalue weighted by Crippen LogP contribution is 2.32. The summed E-state index contributed by atoms with van der Waals surface area (Å²) < 4.78 is 1.81. The van der Waals surface area contributed by atoms with Gasteiger partial charge in [0.05, 0.1) is 10.7 Å². The number of halogens is 2. The van der Waals surface area contributed by atoms with Gasteiger partial charge >= 0.3 is 0 Å². The first-order chi connectivity index (χ1) is 11.5. The van der Waals surface area contributed by atoms with E-state index in [-0.39, 0.29) is 11.9 Å². The zero-order valence-corrected chi connectivity index (χ0v) is 14.6. The lowest BCUT2D eigenvalue weighted by atomic mass is 10.2. The Labute approximate surface area is 150 Å². The number of aromatic nitrogens is 2. The van der Waals surface area contributed by atoms with Gasteiger partial charge in [0.1, 0.15) is 0 Å². The van der Waals surface area contributed by atoms with Crippen molar-refractivity contribution in [3.63, 3.8) is 0 Å². The molecule has 1 unspecified atom stereocenters. The van der Waals surface area contributed by atoms with Crippen molar-refractivity contribution in [1.29, 1.82) is 0 Å². The lowest BCUT2D eigenvalue weighted by Gasteiger charge is -2.14. The number of hydrogen-bond acceptors (Lipinski definition) is 3. The number of hydrogen-bond donors (Lipinski definition) is 1. The molecule has 2 N–H and O–H groups in total. The Morgan fingerprint density at radius 2 is 2.12 bits per heavy atom. The third kappa shape index (κ3) is 2.61. The molecule has 24 heavy (non-hydrogen) atoms. The normalized spacial score (nSPS) is 19.8. The van der Waals surface area contributed by atoms with Crippen LogP contribution in [0.2, 0.25) is 10.0 Å². The lowest BCUT2D eigenvalue weighted by Crippen LogP contribution is -2.32. The number of fused-ring (bicyclic) bond motifs is 1. The van der Waals surface area contributed by atoms with Crippen molar-refractivity contribution in [2.45, 2.75) is 31.7 Å². The first-order valence-corrected chi connectivity index (χ1v) is 8.91. The zero-order valence-electron chi connectivity index (χ0n) is 13.1. The largest absolute Gasteiger partial charge is 0.336 e. The van der Waals surface area contributed by atoms with E-state index >= 15 is 0 Å². The quantitative estimate of drug-likeness (QED) is 0.890. The second kappa shape index (κ2) is 6.06. The van der Waals surface area contributed by atoms with Crippen LogP contribution in [0.3, 0.4) is 0 Å². The molecule has 2 aromatic rings. The van der Waals surface area contributed by atoms with Gasteiger partial charge in [0.15, 0.2) is 5.69 Å². The average molecular weight is 365 g/mol. The van der Waals surface area contributed by atoms with Crippen molar-refractivity contribution < 1.29 is 4.79 Å². The molecule has 0 radical (unpaired) electrons. The number of benzene rings is 1. The van der Waals surface area contributed by atoms with Gasteiger partial charge in [-0.15, -0.1) is 0 Å². The first kappa shape index (κ1) is 15.9. The van der Waals surface area contributed by atoms with Crippen molar-refractivity contribution in [3.05, 3.63) is 45.2 Å². The maximum atomic E-state index is 12.9. The Hall–Kier alpha value is -1.56. The van der Waals surface area contributed by atoms with Crippen LogP contribution in [0, 0.1) is 0 Å². The van der Waals surface area contributed by atoms with E-state index in [4.69, 9.17) is 28.9 Å². The summed E-state index contributed by atoms with van der Waals surface area (Å²) in [6.45, 7) is 1.30. The summed E-state index contributed by atoms with van der Waals surface area (Å²) in [6, 6.07) is 5.39. The molecule has 1 aromatic heterocycles. The number of amides is 1. The van der Waals surface area contributed by atoms with Crippen molar-refractivity contribution in [2.75, 3.05) is 13.1 Å². The van der Waals surface area contributed by atoms with Gasteiger partial charge in [-0.2, -0.15) is 5.10 Å².